The van der Waals surface area contributed by atoms with Crippen LogP contribution in [-0.4, -0.2) is 35.8 Å². The summed E-state index contributed by atoms with van der Waals surface area (Å²) in [4.78, 5) is 8.95. The lowest BCUT2D eigenvalue weighted by Gasteiger charge is -2.16. The average Bonchev–Trinajstić information content (AvgIpc) is 2.86. The van der Waals surface area contributed by atoms with Crippen molar-refractivity contribution >= 4 is 37.6 Å². The standard InChI is InChI=1S/C15H16N4O3S/c1-23(20,21)8-9-3-2-4-10-12(9)14-13(15(16)17-10)18-11-7-22-6-5-19(11)14/h2-4H,5-8H2,1H3,(H2,16,17). The van der Waals surface area contributed by atoms with E-state index in [9.17, 15) is 8.42 Å². The maximum atomic E-state index is 11.8. The molecule has 0 amide bonds. The third-order valence-corrected chi connectivity index (χ3v) is 4.84. The van der Waals surface area contributed by atoms with Crippen LogP contribution in [0.3, 0.4) is 0 Å². The molecule has 8 heteroatoms. The molecule has 3 heterocycles. The first kappa shape index (κ1) is 14.4. The van der Waals surface area contributed by atoms with Gasteiger partial charge in [-0.3, -0.25) is 0 Å². The van der Waals surface area contributed by atoms with Gasteiger partial charge in [0, 0.05) is 18.2 Å². The van der Waals surface area contributed by atoms with Crippen LogP contribution in [0.2, 0.25) is 0 Å². The number of rotatable bonds is 2. The Balaban J connectivity index is 2.15. The summed E-state index contributed by atoms with van der Waals surface area (Å²) in [7, 11) is -3.17. The van der Waals surface area contributed by atoms with Crippen molar-refractivity contribution in [3.8, 4) is 0 Å². The normalized spacial score (nSPS) is 15.2. The van der Waals surface area contributed by atoms with E-state index in [0.29, 0.717) is 36.6 Å². The van der Waals surface area contributed by atoms with E-state index in [-0.39, 0.29) is 5.75 Å². The van der Waals surface area contributed by atoms with E-state index in [1.54, 1.807) is 6.07 Å². The summed E-state index contributed by atoms with van der Waals surface area (Å²) in [5.74, 6) is 1.11. The second-order valence-electron chi connectivity index (χ2n) is 5.81. The minimum Gasteiger partial charge on any atom is -0.382 e. The van der Waals surface area contributed by atoms with Crippen LogP contribution in [-0.2, 0) is 33.5 Å². The van der Waals surface area contributed by atoms with E-state index in [2.05, 4.69) is 14.5 Å². The van der Waals surface area contributed by atoms with Gasteiger partial charge in [0.2, 0.25) is 0 Å². The van der Waals surface area contributed by atoms with Crippen LogP contribution in [0, 0.1) is 0 Å². The van der Waals surface area contributed by atoms with Crippen molar-refractivity contribution in [2.45, 2.75) is 18.9 Å². The Morgan fingerprint density at radius 1 is 1.35 bits per heavy atom. The number of anilines is 1. The zero-order valence-electron chi connectivity index (χ0n) is 12.6. The molecule has 0 fully saturated rings. The number of nitrogen functional groups attached to an aromatic ring is 1. The third kappa shape index (κ3) is 2.34. The second kappa shape index (κ2) is 4.90. The number of hydrogen-bond donors (Lipinski definition) is 1. The Bertz CT molecular complexity index is 1040. The summed E-state index contributed by atoms with van der Waals surface area (Å²) in [6.07, 6.45) is 1.23. The highest BCUT2D eigenvalue weighted by molar-refractivity contribution is 7.89. The monoisotopic (exact) mass is 332 g/mol. The Labute approximate surface area is 133 Å². The lowest BCUT2D eigenvalue weighted by atomic mass is 10.1. The van der Waals surface area contributed by atoms with E-state index in [4.69, 9.17) is 10.5 Å². The van der Waals surface area contributed by atoms with Crippen molar-refractivity contribution in [2.75, 3.05) is 18.6 Å². The molecule has 0 unspecified atom stereocenters. The molecule has 4 rings (SSSR count). The second-order valence-corrected chi connectivity index (χ2v) is 7.95. The molecule has 23 heavy (non-hydrogen) atoms. The van der Waals surface area contributed by atoms with Crippen molar-refractivity contribution in [3.63, 3.8) is 0 Å². The number of aromatic nitrogens is 3. The van der Waals surface area contributed by atoms with Crippen molar-refractivity contribution in [1.82, 2.24) is 14.5 Å². The van der Waals surface area contributed by atoms with Crippen LogP contribution in [0.15, 0.2) is 18.2 Å². The molecule has 1 aliphatic heterocycles. The number of nitrogens with two attached hydrogens (primary N) is 1. The summed E-state index contributed by atoms with van der Waals surface area (Å²) in [5, 5.41) is 0.808. The number of ether oxygens (including phenoxy) is 1. The van der Waals surface area contributed by atoms with Gasteiger partial charge in [0.1, 0.15) is 17.9 Å². The Kier molecular flexibility index (Phi) is 3.07. The van der Waals surface area contributed by atoms with Gasteiger partial charge in [-0.2, -0.15) is 0 Å². The molecule has 0 bridgehead atoms. The molecule has 0 saturated carbocycles. The summed E-state index contributed by atoms with van der Waals surface area (Å²) in [6.45, 7) is 1.68. The van der Waals surface area contributed by atoms with Gasteiger partial charge in [-0.25, -0.2) is 18.4 Å². The van der Waals surface area contributed by atoms with E-state index >= 15 is 0 Å². The first-order valence-corrected chi connectivity index (χ1v) is 9.32. The summed E-state index contributed by atoms with van der Waals surface area (Å²) in [6, 6.07) is 5.47. The van der Waals surface area contributed by atoms with Crippen LogP contribution in [0.25, 0.3) is 21.9 Å². The van der Waals surface area contributed by atoms with Crippen molar-refractivity contribution < 1.29 is 13.2 Å². The first-order valence-electron chi connectivity index (χ1n) is 7.26. The molecule has 0 spiro atoms. The van der Waals surface area contributed by atoms with Crippen LogP contribution in [0.1, 0.15) is 11.4 Å². The summed E-state index contributed by atoms with van der Waals surface area (Å²) in [5.41, 5.74) is 8.93. The molecule has 120 valence electrons. The molecule has 2 aromatic heterocycles. The van der Waals surface area contributed by atoms with Gasteiger partial charge in [0.05, 0.1) is 23.4 Å². The molecule has 2 N–H and O–H groups in total. The fourth-order valence-electron chi connectivity index (χ4n) is 3.14. The van der Waals surface area contributed by atoms with E-state index < -0.39 is 9.84 Å². The van der Waals surface area contributed by atoms with Gasteiger partial charge in [-0.05, 0) is 11.6 Å². The summed E-state index contributed by atoms with van der Waals surface area (Å²) < 4.78 is 31.1. The molecule has 0 aliphatic carbocycles. The molecule has 0 radical (unpaired) electrons. The molecule has 0 atom stereocenters. The van der Waals surface area contributed by atoms with Gasteiger partial charge in [0.25, 0.3) is 0 Å². The van der Waals surface area contributed by atoms with E-state index in [1.165, 1.54) is 6.26 Å². The Morgan fingerprint density at radius 2 is 2.17 bits per heavy atom. The van der Waals surface area contributed by atoms with Crippen LogP contribution in [0.5, 0.6) is 0 Å². The van der Waals surface area contributed by atoms with E-state index in [0.717, 1.165) is 22.3 Å². The van der Waals surface area contributed by atoms with Crippen molar-refractivity contribution in [1.29, 1.82) is 0 Å². The lowest BCUT2D eigenvalue weighted by molar-refractivity contribution is 0.0831. The topological polar surface area (TPSA) is 100 Å². The highest BCUT2D eigenvalue weighted by Gasteiger charge is 2.22. The predicted molar refractivity (Wildman–Crippen MR) is 87.7 cm³/mol. The number of pyridine rings is 1. The fourth-order valence-corrected chi connectivity index (χ4v) is 3.95. The number of sulfone groups is 1. The minimum absolute atomic E-state index is 0.0396. The molecule has 7 nitrogen and oxygen atoms in total. The largest absolute Gasteiger partial charge is 0.382 e. The van der Waals surface area contributed by atoms with Crippen LogP contribution in [0.4, 0.5) is 5.82 Å². The number of hydrogen-bond acceptors (Lipinski definition) is 6. The summed E-state index contributed by atoms with van der Waals surface area (Å²) >= 11 is 0. The maximum Gasteiger partial charge on any atom is 0.152 e. The van der Waals surface area contributed by atoms with Crippen LogP contribution < -0.4 is 5.73 Å². The number of fused-ring (bicyclic) bond motifs is 5. The van der Waals surface area contributed by atoms with Gasteiger partial charge < -0.3 is 15.0 Å². The number of benzene rings is 1. The molecule has 1 aromatic carbocycles. The molecular weight excluding hydrogens is 316 g/mol. The van der Waals surface area contributed by atoms with Gasteiger partial charge in [-0.1, -0.05) is 12.1 Å². The maximum absolute atomic E-state index is 11.8. The SMILES string of the molecule is CS(=O)(=O)Cc1cccc2nc(N)c3nc4n(c3c12)CCOC4. The van der Waals surface area contributed by atoms with Gasteiger partial charge in [-0.15, -0.1) is 0 Å². The highest BCUT2D eigenvalue weighted by atomic mass is 32.2. The average molecular weight is 332 g/mol. The first-order chi connectivity index (χ1) is 10.9. The zero-order valence-corrected chi connectivity index (χ0v) is 13.4. The molecular formula is C15H16N4O3S. The number of imidazole rings is 1. The minimum atomic E-state index is -3.17. The highest BCUT2D eigenvalue weighted by Crippen LogP contribution is 2.32. The van der Waals surface area contributed by atoms with Crippen molar-refractivity contribution in [3.05, 3.63) is 29.6 Å². The third-order valence-electron chi connectivity index (χ3n) is 4.00. The Morgan fingerprint density at radius 3 is 2.96 bits per heavy atom. The van der Waals surface area contributed by atoms with Crippen LogP contribution >= 0.6 is 0 Å². The Hall–Kier alpha value is -2.19. The predicted octanol–water partition coefficient (Wildman–Crippen LogP) is 1.24. The van der Waals surface area contributed by atoms with E-state index in [1.807, 2.05) is 12.1 Å². The lowest BCUT2D eigenvalue weighted by Crippen LogP contribution is -2.16. The fraction of sp³-hybridized carbons (Fsp3) is 0.333. The van der Waals surface area contributed by atoms with Gasteiger partial charge in [0.15, 0.2) is 15.7 Å². The molecule has 0 saturated heterocycles. The zero-order chi connectivity index (χ0) is 16.2. The smallest absolute Gasteiger partial charge is 0.152 e. The molecule has 3 aromatic rings. The molecule has 1 aliphatic rings. The van der Waals surface area contributed by atoms with Gasteiger partial charge >= 0.3 is 0 Å². The quantitative estimate of drug-likeness (QED) is 0.758. The van der Waals surface area contributed by atoms with Crippen molar-refractivity contribution in [2.24, 2.45) is 0 Å². The number of nitrogens with zero attached hydrogens (tertiary/aromatic N) is 3.